The van der Waals surface area contributed by atoms with Gasteiger partial charge in [0.05, 0.1) is 45.7 Å². The number of hydrogen-bond donors (Lipinski definition) is 2. The van der Waals surface area contributed by atoms with Crippen molar-refractivity contribution in [1.29, 1.82) is 0 Å². The third-order valence-corrected chi connectivity index (χ3v) is 15.4. The van der Waals surface area contributed by atoms with Crippen LogP contribution in [-0.4, -0.2) is 139 Å². The van der Waals surface area contributed by atoms with Crippen molar-refractivity contribution >= 4 is 124 Å². The van der Waals surface area contributed by atoms with Gasteiger partial charge in [0, 0.05) is 59.3 Å². The second kappa shape index (κ2) is 39.8. The second-order valence-electron chi connectivity index (χ2n) is 8.13. The fraction of sp³-hybridized carbons (Fsp3) is 0.885. The average molecular weight is 809 g/mol. The number of esters is 3. The lowest BCUT2D eigenvalue weighted by Crippen LogP contribution is -2.09. The minimum Gasteiger partial charge on any atom is -0.465 e. The van der Waals surface area contributed by atoms with Gasteiger partial charge in [-0.05, 0) is 12.2 Å². The summed E-state index contributed by atoms with van der Waals surface area (Å²) in [6, 6.07) is 0. The molecule has 0 rings (SSSR count). The summed E-state index contributed by atoms with van der Waals surface area (Å²) in [5.74, 6) is 4.22. The van der Waals surface area contributed by atoms with Crippen LogP contribution in [0, 0.1) is 0 Å². The van der Waals surface area contributed by atoms with Crippen molar-refractivity contribution in [2.24, 2.45) is 0 Å². The van der Waals surface area contributed by atoms with Gasteiger partial charge in [0.15, 0.2) is 0 Å². The van der Waals surface area contributed by atoms with E-state index in [-0.39, 0.29) is 44.3 Å². The molecule has 19 heteroatoms. The Labute approximate surface area is 307 Å². The molecular formula is C26H48O10S9. The average Bonchev–Trinajstić information content (AvgIpc) is 3.04. The molecule has 0 unspecified atom stereocenters. The van der Waals surface area contributed by atoms with Gasteiger partial charge in [-0.2, -0.15) is 47.0 Å². The van der Waals surface area contributed by atoms with Crippen molar-refractivity contribution in [1.82, 2.24) is 0 Å². The van der Waals surface area contributed by atoms with E-state index in [1.807, 2.05) is 47.0 Å². The van der Waals surface area contributed by atoms with Crippen LogP contribution in [0.5, 0.6) is 0 Å². The lowest BCUT2D eigenvalue weighted by atomic mass is 10.5. The van der Waals surface area contributed by atoms with Crippen molar-refractivity contribution in [3.8, 4) is 0 Å². The van der Waals surface area contributed by atoms with Crippen LogP contribution in [0.1, 0.15) is 25.7 Å². The monoisotopic (exact) mass is 808 g/mol. The zero-order valence-corrected chi connectivity index (χ0v) is 32.9. The molecule has 0 heterocycles. The number of thioether (sulfide) groups is 9. The van der Waals surface area contributed by atoms with Gasteiger partial charge < -0.3 is 24.4 Å². The van der Waals surface area contributed by atoms with Gasteiger partial charge in [-0.1, -0.05) is 0 Å². The fourth-order valence-corrected chi connectivity index (χ4v) is 12.4. The minimum atomic E-state index is -0.276. The molecule has 45 heavy (non-hydrogen) atoms. The molecule has 0 fully saturated rings. The van der Waals surface area contributed by atoms with Gasteiger partial charge in [0.1, 0.15) is 19.8 Å². The Morgan fingerprint density at radius 1 is 0.400 bits per heavy atom. The van der Waals surface area contributed by atoms with E-state index >= 15 is 0 Å². The number of aliphatic hydroxyl groups is 2. The summed E-state index contributed by atoms with van der Waals surface area (Å²) >= 11 is 16.0. The Kier molecular flexibility index (Phi) is 41.1. The molecule has 0 bridgehead atoms. The number of ether oxygens (including phenoxy) is 3. The molecule has 266 valence electrons. The number of aliphatic hydroxyl groups excluding tert-OH is 2. The quantitative estimate of drug-likeness (QED) is 0.0207. The molecule has 0 saturated heterocycles. The molecular weight excluding hydrogens is 761 g/mol. The predicted octanol–water partition coefficient (Wildman–Crippen LogP) is 5.45. The summed E-state index contributed by atoms with van der Waals surface area (Å²) in [6.45, 7) is 1.48. The first-order chi connectivity index (χ1) is 22.1. The van der Waals surface area contributed by atoms with E-state index in [2.05, 4.69) is 0 Å². The van der Waals surface area contributed by atoms with E-state index in [1.54, 1.807) is 58.8 Å². The Morgan fingerprint density at radius 3 is 1.20 bits per heavy atom. The van der Waals surface area contributed by atoms with Crippen molar-refractivity contribution in [2.45, 2.75) is 25.7 Å². The maximum absolute atomic E-state index is 11.8. The van der Waals surface area contributed by atoms with Crippen LogP contribution in [0.3, 0.4) is 0 Å². The standard InChI is InChI=1S/C26H48O10S9/c27-5-8-32-24(29)2-13-38-19-43-18-37-12-1-7-35-36-11-17-42-23-45-22-41-16-10-34-26(31)4-15-40-21-44-20-39-14-3-25(30)33-9-6-28/h27-28H,1-23H2. The van der Waals surface area contributed by atoms with E-state index in [0.717, 1.165) is 65.7 Å². The molecule has 0 amide bonds. The maximum Gasteiger partial charge on any atom is 0.306 e. The summed E-state index contributed by atoms with van der Waals surface area (Å²) in [6.07, 6.45) is 2.10. The summed E-state index contributed by atoms with van der Waals surface area (Å²) in [7, 11) is 0. The van der Waals surface area contributed by atoms with Crippen LogP contribution in [0.4, 0.5) is 0 Å². The van der Waals surface area contributed by atoms with Crippen molar-refractivity contribution in [2.75, 3.05) is 111 Å². The minimum absolute atomic E-state index is 0.0617. The van der Waals surface area contributed by atoms with E-state index in [0.29, 0.717) is 44.8 Å². The lowest BCUT2D eigenvalue weighted by molar-refractivity contribution is -0.289. The molecule has 0 aromatic carbocycles. The first kappa shape index (κ1) is 46.4. The number of carbonyl (C=O) groups is 3. The number of carbonyl (C=O) groups excluding carboxylic acids is 3. The number of hydrogen-bond acceptors (Lipinski definition) is 19. The Hall–Kier alpha value is 1.40. The number of rotatable bonds is 36. The highest BCUT2D eigenvalue weighted by Gasteiger charge is 2.05. The first-order valence-electron chi connectivity index (χ1n) is 14.2. The summed E-state index contributed by atoms with van der Waals surface area (Å²) in [5.41, 5.74) is 0. The fourth-order valence-electron chi connectivity index (χ4n) is 2.46. The molecule has 0 aliphatic rings. The Balaban J connectivity index is 3.19. The highest BCUT2D eigenvalue weighted by atomic mass is 32.2. The molecule has 2 N–H and O–H groups in total. The first-order valence-corrected chi connectivity index (χ1v) is 24.6. The van der Waals surface area contributed by atoms with Crippen LogP contribution in [0.25, 0.3) is 0 Å². The van der Waals surface area contributed by atoms with E-state index in [9.17, 15) is 14.4 Å². The lowest BCUT2D eigenvalue weighted by Gasteiger charge is -2.06. The topological polar surface area (TPSA) is 138 Å². The smallest absolute Gasteiger partial charge is 0.306 e. The zero-order valence-electron chi connectivity index (χ0n) is 25.6. The van der Waals surface area contributed by atoms with E-state index < -0.39 is 0 Å². The van der Waals surface area contributed by atoms with Crippen molar-refractivity contribution < 1.29 is 48.6 Å². The molecule has 0 aromatic heterocycles. The van der Waals surface area contributed by atoms with Gasteiger partial charge >= 0.3 is 17.9 Å². The highest BCUT2D eigenvalue weighted by molar-refractivity contribution is 8.23. The maximum atomic E-state index is 11.8. The third-order valence-electron chi connectivity index (χ3n) is 4.46. The van der Waals surface area contributed by atoms with Gasteiger partial charge in [0.25, 0.3) is 0 Å². The van der Waals surface area contributed by atoms with Gasteiger partial charge in [-0.3, -0.25) is 14.4 Å². The van der Waals surface area contributed by atoms with E-state index in [1.165, 1.54) is 0 Å². The third kappa shape index (κ3) is 39.7. The van der Waals surface area contributed by atoms with Crippen molar-refractivity contribution in [3.63, 3.8) is 0 Å². The van der Waals surface area contributed by atoms with Crippen LogP contribution < -0.4 is 0 Å². The molecule has 0 radical (unpaired) electrons. The molecule has 10 nitrogen and oxygen atoms in total. The van der Waals surface area contributed by atoms with Crippen LogP contribution in [0.2, 0.25) is 0 Å². The molecule has 0 atom stereocenters. The SMILES string of the molecule is O=C(CCSCSCSCCCOOCCSCSCSCCOC(=O)CCSCSCSCCC(=O)OCCO)OCCO. The molecule has 0 aromatic rings. The van der Waals surface area contributed by atoms with Gasteiger partial charge in [-0.25, -0.2) is 9.78 Å². The second-order valence-corrected chi connectivity index (χ2v) is 19.9. The summed E-state index contributed by atoms with van der Waals surface area (Å²) in [4.78, 5) is 44.9. The Bertz CT molecular complexity index is 687. The molecule has 0 saturated carbocycles. The van der Waals surface area contributed by atoms with Gasteiger partial charge in [0.2, 0.25) is 0 Å². The van der Waals surface area contributed by atoms with E-state index in [4.69, 9.17) is 34.2 Å². The zero-order chi connectivity index (χ0) is 32.9. The van der Waals surface area contributed by atoms with Crippen LogP contribution in [0.15, 0.2) is 0 Å². The molecule has 0 spiro atoms. The van der Waals surface area contributed by atoms with Gasteiger partial charge in [-0.15, -0.1) is 58.8 Å². The van der Waals surface area contributed by atoms with Crippen LogP contribution in [-0.2, 0) is 38.4 Å². The predicted molar refractivity (Wildman–Crippen MR) is 204 cm³/mol. The summed E-state index contributed by atoms with van der Waals surface area (Å²) in [5, 5.41) is 22.9. The normalized spacial score (nSPS) is 11.1. The molecule has 0 aliphatic heterocycles. The summed E-state index contributed by atoms with van der Waals surface area (Å²) < 4.78 is 14.9. The van der Waals surface area contributed by atoms with Crippen LogP contribution >= 0.6 is 106 Å². The highest BCUT2D eigenvalue weighted by Crippen LogP contribution is 2.21. The Morgan fingerprint density at radius 2 is 0.756 bits per heavy atom. The van der Waals surface area contributed by atoms with Crippen molar-refractivity contribution in [3.05, 3.63) is 0 Å². The molecule has 0 aliphatic carbocycles. The largest absolute Gasteiger partial charge is 0.465 e.